The van der Waals surface area contributed by atoms with Gasteiger partial charge in [-0.25, -0.2) is 9.78 Å². The molecule has 3 N–H and O–H groups in total. The molecule has 0 radical (unpaired) electrons. The smallest absolute Gasteiger partial charge is 0.322 e. The van der Waals surface area contributed by atoms with Crippen LogP contribution < -0.4 is 16.0 Å². The van der Waals surface area contributed by atoms with Gasteiger partial charge in [-0.15, -0.1) is 0 Å². The van der Waals surface area contributed by atoms with Crippen LogP contribution in [0.5, 0.6) is 0 Å². The molecule has 0 bridgehead atoms. The number of rotatable bonds is 3. The van der Waals surface area contributed by atoms with Gasteiger partial charge >= 0.3 is 6.03 Å². The summed E-state index contributed by atoms with van der Waals surface area (Å²) in [6, 6.07) is -0.497. The van der Waals surface area contributed by atoms with E-state index in [0.717, 1.165) is 0 Å². The third kappa shape index (κ3) is 1.36. The van der Waals surface area contributed by atoms with Crippen molar-refractivity contribution in [3.05, 3.63) is 18.2 Å². The molecule has 1 aromatic heterocycles. The fourth-order valence-electron chi connectivity index (χ4n) is 1.89. The van der Waals surface area contributed by atoms with Crippen LogP contribution in [-0.4, -0.2) is 35.1 Å². The number of imide groups is 1. The summed E-state index contributed by atoms with van der Waals surface area (Å²) in [6.07, 6.45) is 3.31. The van der Waals surface area contributed by atoms with E-state index in [4.69, 9.17) is 0 Å². The highest BCUT2D eigenvalue weighted by Crippen LogP contribution is 2.22. The maximum Gasteiger partial charge on any atom is 0.322 e. The van der Waals surface area contributed by atoms with Crippen LogP contribution in [0.1, 0.15) is 5.82 Å². The lowest BCUT2D eigenvalue weighted by Crippen LogP contribution is -2.52. The number of nitrogens with one attached hydrogen (secondary N) is 3. The molecule has 1 saturated heterocycles. The minimum Gasteiger partial charge on any atom is -0.336 e. The SMILES string of the molecule is CNCC1(c2nccn2C)NC(=O)NC1=O. The molecule has 0 aromatic carbocycles. The molecule has 2 heterocycles. The average Bonchev–Trinajstić information content (AvgIpc) is 2.73. The topological polar surface area (TPSA) is 88.1 Å². The van der Waals surface area contributed by atoms with Crippen molar-refractivity contribution in [1.82, 2.24) is 25.5 Å². The second-order valence-electron chi connectivity index (χ2n) is 3.71. The molecule has 0 spiro atoms. The van der Waals surface area contributed by atoms with Gasteiger partial charge in [-0.3, -0.25) is 10.1 Å². The maximum atomic E-state index is 11.9. The summed E-state index contributed by atoms with van der Waals surface area (Å²) < 4.78 is 1.71. The number of carbonyl (C=O) groups is 2. The van der Waals surface area contributed by atoms with Crippen molar-refractivity contribution in [2.75, 3.05) is 13.6 Å². The quantitative estimate of drug-likeness (QED) is 0.554. The number of carbonyl (C=O) groups excluding carboxylic acids is 2. The first-order valence-corrected chi connectivity index (χ1v) is 4.86. The number of amides is 3. The summed E-state index contributed by atoms with van der Waals surface area (Å²) in [5, 5.41) is 7.73. The highest BCUT2D eigenvalue weighted by molar-refractivity contribution is 6.07. The van der Waals surface area contributed by atoms with Gasteiger partial charge in [0.15, 0.2) is 5.54 Å². The summed E-state index contributed by atoms with van der Waals surface area (Å²) in [5.74, 6) is 0.117. The van der Waals surface area contributed by atoms with Gasteiger partial charge in [0.1, 0.15) is 5.82 Å². The molecule has 86 valence electrons. The number of urea groups is 1. The van der Waals surface area contributed by atoms with Crippen molar-refractivity contribution < 1.29 is 9.59 Å². The lowest BCUT2D eigenvalue weighted by molar-refractivity contribution is -0.124. The third-order valence-electron chi connectivity index (χ3n) is 2.59. The largest absolute Gasteiger partial charge is 0.336 e. The second-order valence-corrected chi connectivity index (χ2v) is 3.71. The number of aryl methyl sites for hydroxylation is 1. The highest BCUT2D eigenvalue weighted by Gasteiger charge is 2.50. The summed E-state index contributed by atoms with van der Waals surface area (Å²) >= 11 is 0. The minimum atomic E-state index is -1.12. The number of hydrogen-bond donors (Lipinski definition) is 3. The third-order valence-corrected chi connectivity index (χ3v) is 2.59. The van der Waals surface area contributed by atoms with Crippen LogP contribution in [0.2, 0.25) is 0 Å². The fraction of sp³-hybridized carbons (Fsp3) is 0.444. The first-order valence-electron chi connectivity index (χ1n) is 4.86. The van der Waals surface area contributed by atoms with Gasteiger partial charge < -0.3 is 15.2 Å². The van der Waals surface area contributed by atoms with E-state index in [0.29, 0.717) is 5.82 Å². The Labute approximate surface area is 92.2 Å². The molecule has 1 aromatic rings. The van der Waals surface area contributed by atoms with Crippen molar-refractivity contribution in [3.63, 3.8) is 0 Å². The van der Waals surface area contributed by atoms with E-state index in [1.54, 1.807) is 31.1 Å². The Morgan fingerprint density at radius 2 is 2.31 bits per heavy atom. The molecule has 16 heavy (non-hydrogen) atoms. The highest BCUT2D eigenvalue weighted by atomic mass is 16.2. The zero-order chi connectivity index (χ0) is 11.8. The van der Waals surface area contributed by atoms with Crippen molar-refractivity contribution >= 4 is 11.9 Å². The average molecular weight is 223 g/mol. The second kappa shape index (κ2) is 3.60. The van der Waals surface area contributed by atoms with Crippen LogP contribution in [0.3, 0.4) is 0 Å². The summed E-state index contributed by atoms with van der Waals surface area (Å²) in [4.78, 5) is 27.2. The van der Waals surface area contributed by atoms with Gasteiger partial charge in [-0.05, 0) is 7.05 Å². The summed E-state index contributed by atoms with van der Waals surface area (Å²) in [6.45, 7) is 0.287. The fourth-order valence-corrected chi connectivity index (χ4v) is 1.89. The van der Waals surface area contributed by atoms with Crippen LogP contribution in [0, 0.1) is 0 Å². The maximum absolute atomic E-state index is 11.9. The zero-order valence-electron chi connectivity index (χ0n) is 9.07. The summed E-state index contributed by atoms with van der Waals surface area (Å²) in [7, 11) is 3.49. The first kappa shape index (κ1) is 10.6. The number of hydrogen-bond acceptors (Lipinski definition) is 4. The predicted octanol–water partition coefficient (Wildman–Crippen LogP) is -1.33. The van der Waals surface area contributed by atoms with Gasteiger partial charge in [-0.2, -0.15) is 0 Å². The van der Waals surface area contributed by atoms with E-state index in [2.05, 4.69) is 20.9 Å². The zero-order valence-corrected chi connectivity index (χ0v) is 9.07. The van der Waals surface area contributed by atoms with Crippen molar-refractivity contribution in [3.8, 4) is 0 Å². The number of likely N-dealkylation sites (N-methyl/N-ethyl adjacent to an activating group) is 1. The van der Waals surface area contributed by atoms with Gasteiger partial charge in [0.25, 0.3) is 5.91 Å². The molecule has 7 nitrogen and oxygen atoms in total. The van der Waals surface area contributed by atoms with E-state index in [1.165, 1.54) is 0 Å². The van der Waals surface area contributed by atoms with Crippen molar-refractivity contribution in [1.29, 1.82) is 0 Å². The Morgan fingerprint density at radius 3 is 2.75 bits per heavy atom. The summed E-state index contributed by atoms with van der Waals surface area (Å²) in [5.41, 5.74) is -1.12. The molecular weight excluding hydrogens is 210 g/mol. The van der Waals surface area contributed by atoms with E-state index in [-0.39, 0.29) is 12.5 Å². The normalized spacial score (nSPS) is 24.4. The molecule has 0 aliphatic carbocycles. The van der Waals surface area contributed by atoms with E-state index in [1.807, 2.05) is 0 Å². The Kier molecular flexibility index (Phi) is 2.39. The van der Waals surface area contributed by atoms with E-state index >= 15 is 0 Å². The van der Waals surface area contributed by atoms with Gasteiger partial charge in [-0.1, -0.05) is 0 Å². The molecule has 7 heteroatoms. The van der Waals surface area contributed by atoms with Crippen LogP contribution >= 0.6 is 0 Å². The Balaban J connectivity index is 2.48. The van der Waals surface area contributed by atoms with Crippen LogP contribution in [0.25, 0.3) is 0 Å². The standard InChI is InChI=1S/C9H13N5O2/c1-10-5-9(6-11-3-4-14(6)2)7(15)12-8(16)13-9/h3-4,10H,5H2,1-2H3,(H2,12,13,15,16). The molecule has 0 saturated carbocycles. The lowest BCUT2D eigenvalue weighted by atomic mass is 9.99. The van der Waals surface area contributed by atoms with E-state index in [9.17, 15) is 9.59 Å². The molecule has 1 aliphatic heterocycles. The molecular formula is C9H13N5O2. The van der Waals surface area contributed by atoms with Crippen molar-refractivity contribution in [2.45, 2.75) is 5.54 Å². The van der Waals surface area contributed by atoms with Crippen molar-refractivity contribution in [2.24, 2.45) is 7.05 Å². The first-order chi connectivity index (χ1) is 7.60. The van der Waals surface area contributed by atoms with Gasteiger partial charge in [0, 0.05) is 26.0 Å². The minimum absolute atomic E-state index is 0.287. The number of nitrogens with zero attached hydrogens (tertiary/aromatic N) is 2. The van der Waals surface area contributed by atoms with Crippen LogP contribution in [0.4, 0.5) is 4.79 Å². The lowest BCUT2D eigenvalue weighted by Gasteiger charge is -2.24. The van der Waals surface area contributed by atoms with Gasteiger partial charge in [0.05, 0.1) is 0 Å². The Bertz CT molecular complexity index is 441. The van der Waals surface area contributed by atoms with E-state index < -0.39 is 11.6 Å². The molecule has 1 atom stereocenters. The van der Waals surface area contributed by atoms with Crippen LogP contribution in [-0.2, 0) is 17.4 Å². The molecule has 1 unspecified atom stereocenters. The Morgan fingerprint density at radius 1 is 1.56 bits per heavy atom. The molecule has 1 aliphatic rings. The van der Waals surface area contributed by atoms with Crippen LogP contribution in [0.15, 0.2) is 12.4 Å². The molecule has 2 rings (SSSR count). The number of aromatic nitrogens is 2. The molecule has 1 fully saturated rings. The monoisotopic (exact) mass is 223 g/mol. The number of imidazole rings is 1. The Hall–Kier alpha value is -1.89. The predicted molar refractivity (Wildman–Crippen MR) is 55.5 cm³/mol. The molecule has 3 amide bonds. The van der Waals surface area contributed by atoms with Gasteiger partial charge in [0.2, 0.25) is 0 Å².